The lowest BCUT2D eigenvalue weighted by molar-refractivity contribution is 0.156. The maximum Gasteiger partial charge on any atom is 0.0922 e. The minimum Gasteiger partial charge on any atom is -0.388 e. The van der Waals surface area contributed by atoms with Crippen molar-refractivity contribution < 1.29 is 9.50 Å². The molecule has 1 atom stereocenters. The van der Waals surface area contributed by atoms with Crippen molar-refractivity contribution in [3.63, 3.8) is 0 Å². The predicted molar refractivity (Wildman–Crippen MR) is 82.4 cm³/mol. The first-order valence-corrected chi connectivity index (χ1v) is 7.01. The van der Waals surface area contributed by atoms with Gasteiger partial charge >= 0.3 is 0 Å². The molecule has 3 N–H and O–H groups in total. The molecule has 1 aromatic heterocycles. The third kappa shape index (κ3) is 3.86. The molecule has 112 valence electrons. The summed E-state index contributed by atoms with van der Waals surface area (Å²) in [6.07, 6.45) is 1.17. The molecule has 0 saturated heterocycles. The highest BCUT2D eigenvalue weighted by Gasteiger charge is 2.15. The minimum absolute atomic E-state index is 0.126. The Morgan fingerprint density at radius 3 is 2.24 bits per heavy atom. The Morgan fingerprint density at radius 2 is 1.76 bits per heavy atom. The highest BCUT2D eigenvalue weighted by molar-refractivity contribution is 5.62. The molecular weight excluding hydrogens is 267 g/mol. The molecule has 0 bridgehead atoms. The summed E-state index contributed by atoms with van der Waals surface area (Å²) in [5, 5.41) is 9.74. The topological polar surface area (TPSA) is 59.1 Å². The van der Waals surface area contributed by atoms with Gasteiger partial charge in [0.25, 0.3) is 0 Å². The van der Waals surface area contributed by atoms with Gasteiger partial charge in [-0.1, -0.05) is 30.3 Å². The number of hydrogen-bond donors (Lipinski definition) is 2. The van der Waals surface area contributed by atoms with Crippen LogP contribution in [0.1, 0.15) is 37.6 Å². The van der Waals surface area contributed by atoms with Crippen molar-refractivity contribution >= 4 is 0 Å². The minimum atomic E-state index is -0.748. The van der Waals surface area contributed by atoms with Crippen molar-refractivity contribution in [1.82, 2.24) is 4.98 Å². The van der Waals surface area contributed by atoms with E-state index in [-0.39, 0.29) is 6.42 Å². The number of hydrogen-bond acceptors (Lipinski definition) is 3. The Balaban J connectivity index is 2.19. The molecule has 2 rings (SSSR count). The SMILES string of the molecule is CC(C)(N)c1ccc(-c2ccc(C(O)CCF)cc2)cn1. The number of aliphatic hydroxyl groups is 1. The molecule has 0 aliphatic carbocycles. The molecule has 0 amide bonds. The second kappa shape index (κ2) is 6.33. The van der Waals surface area contributed by atoms with Crippen LogP contribution < -0.4 is 5.73 Å². The smallest absolute Gasteiger partial charge is 0.0922 e. The van der Waals surface area contributed by atoms with Gasteiger partial charge in [0.1, 0.15) is 0 Å². The van der Waals surface area contributed by atoms with Gasteiger partial charge in [-0.2, -0.15) is 0 Å². The number of nitrogens with two attached hydrogens (primary N) is 1. The normalized spacial score (nSPS) is 13.2. The first kappa shape index (κ1) is 15.6. The van der Waals surface area contributed by atoms with Gasteiger partial charge in [0, 0.05) is 18.2 Å². The molecule has 0 spiro atoms. The van der Waals surface area contributed by atoms with Crippen molar-refractivity contribution in [3.05, 3.63) is 53.9 Å². The van der Waals surface area contributed by atoms with Crippen LogP contribution in [0.15, 0.2) is 42.6 Å². The molecule has 0 aliphatic rings. The van der Waals surface area contributed by atoms with Crippen LogP contribution in [0.4, 0.5) is 4.39 Å². The highest BCUT2D eigenvalue weighted by atomic mass is 19.1. The van der Waals surface area contributed by atoms with Crippen LogP contribution in [0.25, 0.3) is 11.1 Å². The van der Waals surface area contributed by atoms with Gasteiger partial charge in [-0.15, -0.1) is 0 Å². The standard InChI is InChI=1S/C17H21FN2O/c1-17(2,19)16-8-7-14(11-20-16)12-3-5-13(6-4-12)15(21)9-10-18/h3-8,11,15,21H,9-10,19H2,1-2H3. The van der Waals surface area contributed by atoms with E-state index in [4.69, 9.17) is 5.73 Å². The number of aromatic nitrogens is 1. The van der Waals surface area contributed by atoms with E-state index in [2.05, 4.69) is 4.98 Å². The Morgan fingerprint density at radius 1 is 1.14 bits per heavy atom. The summed E-state index contributed by atoms with van der Waals surface area (Å²) >= 11 is 0. The fourth-order valence-corrected chi connectivity index (χ4v) is 2.11. The average molecular weight is 288 g/mol. The van der Waals surface area contributed by atoms with Crippen LogP contribution in [0, 0.1) is 0 Å². The van der Waals surface area contributed by atoms with E-state index >= 15 is 0 Å². The predicted octanol–water partition coefficient (Wildman–Crippen LogP) is 3.34. The van der Waals surface area contributed by atoms with Crippen LogP contribution in [0.5, 0.6) is 0 Å². The van der Waals surface area contributed by atoms with Crippen LogP contribution in [-0.2, 0) is 5.54 Å². The summed E-state index contributed by atoms with van der Waals surface area (Å²) in [6, 6.07) is 11.3. The molecule has 1 aromatic carbocycles. The zero-order valence-electron chi connectivity index (χ0n) is 12.4. The second-order valence-electron chi connectivity index (χ2n) is 5.77. The van der Waals surface area contributed by atoms with Gasteiger partial charge in [0.15, 0.2) is 0 Å². The summed E-state index contributed by atoms with van der Waals surface area (Å²) < 4.78 is 12.2. The van der Waals surface area contributed by atoms with Crippen LogP contribution in [0.3, 0.4) is 0 Å². The van der Waals surface area contributed by atoms with Crippen molar-refractivity contribution in [2.24, 2.45) is 5.73 Å². The summed E-state index contributed by atoms with van der Waals surface area (Å²) in [5.41, 5.74) is 9.09. The van der Waals surface area contributed by atoms with Gasteiger partial charge in [0.2, 0.25) is 0 Å². The van der Waals surface area contributed by atoms with E-state index in [1.54, 1.807) is 6.20 Å². The Kier molecular flexibility index (Phi) is 4.70. The Labute approximate surface area is 124 Å². The molecule has 21 heavy (non-hydrogen) atoms. The first-order chi connectivity index (χ1) is 9.91. The third-order valence-corrected chi connectivity index (χ3v) is 3.43. The van der Waals surface area contributed by atoms with Gasteiger partial charge < -0.3 is 10.8 Å². The molecule has 1 unspecified atom stereocenters. The molecule has 2 aromatic rings. The molecule has 3 nitrogen and oxygen atoms in total. The second-order valence-corrected chi connectivity index (χ2v) is 5.77. The summed E-state index contributed by atoms with van der Waals surface area (Å²) in [7, 11) is 0. The summed E-state index contributed by atoms with van der Waals surface area (Å²) in [6.45, 7) is 3.30. The Hall–Kier alpha value is -1.78. The Bertz CT molecular complexity index is 573. The lowest BCUT2D eigenvalue weighted by atomic mass is 9.98. The highest BCUT2D eigenvalue weighted by Crippen LogP contribution is 2.24. The molecule has 0 fully saturated rings. The van der Waals surface area contributed by atoms with Crippen molar-refractivity contribution in [2.45, 2.75) is 31.9 Å². The number of aliphatic hydroxyl groups excluding tert-OH is 1. The number of halogens is 1. The van der Waals surface area contributed by atoms with Crippen LogP contribution >= 0.6 is 0 Å². The van der Waals surface area contributed by atoms with E-state index in [0.29, 0.717) is 0 Å². The van der Waals surface area contributed by atoms with E-state index in [9.17, 15) is 9.50 Å². The maximum absolute atomic E-state index is 12.2. The monoisotopic (exact) mass is 288 g/mol. The van der Waals surface area contributed by atoms with E-state index in [1.165, 1.54) is 0 Å². The van der Waals surface area contributed by atoms with E-state index in [0.717, 1.165) is 22.4 Å². The van der Waals surface area contributed by atoms with Gasteiger partial charge in [-0.05, 0) is 31.0 Å². The maximum atomic E-state index is 12.2. The largest absolute Gasteiger partial charge is 0.388 e. The summed E-state index contributed by atoms with van der Waals surface area (Å²) in [5.74, 6) is 0. The first-order valence-electron chi connectivity index (χ1n) is 7.01. The van der Waals surface area contributed by atoms with Crippen LogP contribution in [0.2, 0.25) is 0 Å². The zero-order valence-corrected chi connectivity index (χ0v) is 12.4. The lowest BCUT2D eigenvalue weighted by Crippen LogP contribution is -2.29. The molecule has 0 aliphatic heterocycles. The van der Waals surface area contributed by atoms with Crippen molar-refractivity contribution in [3.8, 4) is 11.1 Å². The van der Waals surface area contributed by atoms with Crippen LogP contribution in [-0.4, -0.2) is 16.8 Å². The zero-order chi connectivity index (χ0) is 15.5. The number of nitrogens with zero attached hydrogens (tertiary/aromatic N) is 1. The summed E-state index contributed by atoms with van der Waals surface area (Å²) in [4.78, 5) is 4.39. The number of benzene rings is 1. The van der Waals surface area contributed by atoms with E-state index < -0.39 is 18.3 Å². The van der Waals surface area contributed by atoms with E-state index in [1.807, 2.05) is 50.2 Å². The number of rotatable bonds is 5. The number of pyridine rings is 1. The van der Waals surface area contributed by atoms with Gasteiger partial charge in [-0.3, -0.25) is 9.37 Å². The fourth-order valence-electron chi connectivity index (χ4n) is 2.11. The molecule has 4 heteroatoms. The fraction of sp³-hybridized carbons (Fsp3) is 0.353. The molecule has 1 heterocycles. The third-order valence-electron chi connectivity index (χ3n) is 3.43. The van der Waals surface area contributed by atoms with Crippen molar-refractivity contribution in [1.29, 1.82) is 0 Å². The number of alkyl halides is 1. The molecule has 0 radical (unpaired) electrons. The van der Waals surface area contributed by atoms with Crippen molar-refractivity contribution in [2.75, 3.05) is 6.67 Å². The quantitative estimate of drug-likeness (QED) is 0.887. The molecule has 0 saturated carbocycles. The van der Waals surface area contributed by atoms with Gasteiger partial charge in [0.05, 0.1) is 24.0 Å². The van der Waals surface area contributed by atoms with Gasteiger partial charge in [-0.25, -0.2) is 0 Å². The lowest BCUT2D eigenvalue weighted by Gasteiger charge is -2.17. The molecular formula is C17H21FN2O. The average Bonchev–Trinajstić information content (AvgIpc) is 2.47.